The van der Waals surface area contributed by atoms with Gasteiger partial charge < -0.3 is 15.0 Å². The molecule has 0 saturated carbocycles. The van der Waals surface area contributed by atoms with Gasteiger partial charge in [0, 0.05) is 26.3 Å². The van der Waals surface area contributed by atoms with Gasteiger partial charge in [0.1, 0.15) is 5.56 Å². The van der Waals surface area contributed by atoms with E-state index in [4.69, 9.17) is 4.74 Å². The number of aryl methyl sites for hydroxylation is 1. The van der Waals surface area contributed by atoms with Crippen molar-refractivity contribution in [3.63, 3.8) is 0 Å². The molecule has 0 bridgehead atoms. The van der Waals surface area contributed by atoms with Crippen molar-refractivity contribution in [2.75, 3.05) is 26.7 Å². The Hall–Kier alpha value is -2.05. The van der Waals surface area contributed by atoms with Crippen LogP contribution in [0.3, 0.4) is 0 Å². The average Bonchev–Trinajstić information content (AvgIpc) is 3.04. The molecular weight excluding hydrogens is 248 g/mol. The lowest BCUT2D eigenvalue weighted by molar-refractivity contribution is -0.129. The Morgan fingerprint density at radius 1 is 1.42 bits per heavy atom. The molecule has 1 aliphatic rings. The Kier molecular flexibility index (Phi) is 4.03. The quantitative estimate of drug-likeness (QED) is 0.817. The number of aromatic nitrogens is 2. The van der Waals surface area contributed by atoms with Crippen molar-refractivity contribution < 1.29 is 14.3 Å². The average molecular weight is 266 g/mol. The summed E-state index contributed by atoms with van der Waals surface area (Å²) in [6.07, 6.45) is 3.64. The predicted molar refractivity (Wildman–Crippen MR) is 67.9 cm³/mol. The number of methoxy groups -OCH3 is 1. The van der Waals surface area contributed by atoms with Crippen LogP contribution in [0.15, 0.2) is 6.20 Å². The summed E-state index contributed by atoms with van der Waals surface area (Å²) in [4.78, 5) is 25.5. The zero-order chi connectivity index (χ0) is 13.8. The third-order valence-corrected chi connectivity index (χ3v) is 3.09. The molecule has 1 fully saturated rings. The second-order valence-corrected chi connectivity index (χ2v) is 4.50. The van der Waals surface area contributed by atoms with Crippen molar-refractivity contribution in [2.24, 2.45) is 7.05 Å². The first kappa shape index (κ1) is 13.4. The van der Waals surface area contributed by atoms with E-state index in [2.05, 4.69) is 10.4 Å². The normalized spacial score (nSPS) is 14.5. The molecule has 0 radical (unpaired) electrons. The smallest absolute Gasteiger partial charge is 0.258 e. The van der Waals surface area contributed by atoms with Gasteiger partial charge in [-0.1, -0.05) is 0 Å². The molecule has 7 nitrogen and oxygen atoms in total. The van der Waals surface area contributed by atoms with Crippen molar-refractivity contribution in [1.29, 1.82) is 0 Å². The molecule has 1 aromatic heterocycles. The second-order valence-electron chi connectivity index (χ2n) is 4.50. The molecule has 2 rings (SSSR count). The highest BCUT2D eigenvalue weighted by Crippen LogP contribution is 2.14. The van der Waals surface area contributed by atoms with E-state index in [1.165, 1.54) is 11.8 Å². The maximum absolute atomic E-state index is 11.9. The number of amides is 2. The lowest BCUT2D eigenvalue weighted by Gasteiger charge is -2.15. The Labute approximate surface area is 111 Å². The van der Waals surface area contributed by atoms with Gasteiger partial charge in [0.25, 0.3) is 5.91 Å². The van der Waals surface area contributed by atoms with E-state index in [1.54, 1.807) is 18.1 Å². The number of hydrogen-bond donors (Lipinski definition) is 1. The Balaban J connectivity index is 1.91. The van der Waals surface area contributed by atoms with E-state index in [9.17, 15) is 9.59 Å². The van der Waals surface area contributed by atoms with Gasteiger partial charge in [-0.2, -0.15) is 0 Å². The lowest BCUT2D eigenvalue weighted by Crippen LogP contribution is -2.38. The maximum atomic E-state index is 11.9. The number of hydrogen-bond acceptors (Lipinski definition) is 4. The lowest BCUT2D eigenvalue weighted by atomic mass is 10.3. The molecule has 0 unspecified atom stereocenters. The highest BCUT2D eigenvalue weighted by molar-refractivity contribution is 5.98. The zero-order valence-corrected chi connectivity index (χ0v) is 11.2. The van der Waals surface area contributed by atoms with Gasteiger partial charge in [-0.25, -0.2) is 0 Å². The van der Waals surface area contributed by atoms with Crippen molar-refractivity contribution in [3.05, 3.63) is 11.8 Å². The number of nitrogens with zero attached hydrogens (tertiary/aromatic N) is 3. The fraction of sp³-hybridized carbons (Fsp3) is 0.583. The number of rotatable bonds is 4. The molecule has 1 aliphatic heterocycles. The minimum Gasteiger partial charge on any atom is -0.479 e. The maximum Gasteiger partial charge on any atom is 0.258 e. The van der Waals surface area contributed by atoms with Gasteiger partial charge >= 0.3 is 0 Å². The van der Waals surface area contributed by atoms with Gasteiger partial charge in [-0.3, -0.25) is 14.3 Å². The molecule has 2 amide bonds. The molecule has 0 atom stereocenters. The highest BCUT2D eigenvalue weighted by atomic mass is 16.5. The third kappa shape index (κ3) is 3.04. The minimum absolute atomic E-state index is 0.0108. The number of likely N-dealkylation sites (tertiary alicyclic amines) is 1. The molecule has 0 aromatic carbocycles. The highest BCUT2D eigenvalue weighted by Gasteiger charge is 2.20. The third-order valence-electron chi connectivity index (χ3n) is 3.09. The molecule has 7 heteroatoms. The molecule has 104 valence electrons. The Morgan fingerprint density at radius 3 is 2.74 bits per heavy atom. The molecule has 1 saturated heterocycles. The van der Waals surface area contributed by atoms with E-state index < -0.39 is 0 Å². The topological polar surface area (TPSA) is 76.5 Å². The first-order valence-electron chi connectivity index (χ1n) is 6.25. The molecule has 1 aromatic rings. The number of carbonyl (C=O) groups excluding carboxylic acids is 2. The first-order valence-corrected chi connectivity index (χ1v) is 6.25. The van der Waals surface area contributed by atoms with Gasteiger partial charge in [0.15, 0.2) is 0 Å². The van der Waals surface area contributed by atoms with Crippen LogP contribution in [0.5, 0.6) is 5.88 Å². The van der Waals surface area contributed by atoms with E-state index in [0.29, 0.717) is 5.56 Å². The monoisotopic (exact) mass is 266 g/mol. The van der Waals surface area contributed by atoms with Crippen LogP contribution >= 0.6 is 0 Å². The van der Waals surface area contributed by atoms with Crippen LogP contribution in [0.4, 0.5) is 0 Å². The van der Waals surface area contributed by atoms with E-state index >= 15 is 0 Å². The summed E-state index contributed by atoms with van der Waals surface area (Å²) in [5.74, 6) is -0.139. The van der Waals surface area contributed by atoms with Gasteiger partial charge in [0.05, 0.1) is 13.7 Å². The van der Waals surface area contributed by atoms with Crippen LogP contribution in [-0.4, -0.2) is 53.2 Å². The first-order chi connectivity index (χ1) is 9.11. The summed E-state index contributed by atoms with van der Waals surface area (Å²) in [6, 6.07) is 0. The van der Waals surface area contributed by atoms with Crippen LogP contribution in [0.1, 0.15) is 23.2 Å². The predicted octanol–water partition coefficient (Wildman–Crippen LogP) is -0.219. The summed E-state index contributed by atoms with van der Waals surface area (Å²) in [7, 11) is 3.16. The number of nitrogens with one attached hydrogen (secondary N) is 1. The molecule has 0 spiro atoms. The molecular formula is C12H18N4O3. The number of ether oxygens (including phenoxy) is 1. The van der Waals surface area contributed by atoms with Crippen LogP contribution in [-0.2, 0) is 11.8 Å². The van der Waals surface area contributed by atoms with E-state index in [1.807, 2.05) is 0 Å². The van der Waals surface area contributed by atoms with Crippen LogP contribution in [0.2, 0.25) is 0 Å². The molecule has 2 heterocycles. The summed E-state index contributed by atoms with van der Waals surface area (Å²) < 4.78 is 6.50. The number of carbonyl (C=O) groups is 2. The summed E-state index contributed by atoms with van der Waals surface area (Å²) >= 11 is 0. The van der Waals surface area contributed by atoms with Crippen LogP contribution in [0.25, 0.3) is 0 Å². The summed E-state index contributed by atoms with van der Waals surface area (Å²) in [5, 5.41) is 6.59. The molecule has 1 N–H and O–H groups in total. The minimum atomic E-state index is -0.350. The fourth-order valence-electron chi connectivity index (χ4n) is 2.10. The largest absolute Gasteiger partial charge is 0.479 e. The molecule has 0 aliphatic carbocycles. The van der Waals surface area contributed by atoms with Crippen molar-refractivity contribution >= 4 is 11.8 Å². The van der Waals surface area contributed by atoms with Gasteiger partial charge in [-0.05, 0) is 12.8 Å². The zero-order valence-electron chi connectivity index (χ0n) is 11.2. The van der Waals surface area contributed by atoms with Crippen molar-refractivity contribution in [2.45, 2.75) is 12.8 Å². The SMILES string of the molecule is COc1nn(C)cc1C(=O)NCC(=O)N1CCCC1. The second kappa shape index (κ2) is 5.73. The summed E-state index contributed by atoms with van der Waals surface area (Å²) in [6.45, 7) is 1.58. The Bertz CT molecular complexity index is 477. The van der Waals surface area contributed by atoms with Gasteiger partial charge in [-0.15, -0.1) is 5.10 Å². The van der Waals surface area contributed by atoms with Crippen LogP contribution in [0, 0.1) is 0 Å². The van der Waals surface area contributed by atoms with Gasteiger partial charge in [0.2, 0.25) is 11.8 Å². The van der Waals surface area contributed by atoms with E-state index in [0.717, 1.165) is 25.9 Å². The van der Waals surface area contributed by atoms with Crippen molar-refractivity contribution in [3.8, 4) is 5.88 Å². The standard InChI is InChI=1S/C12H18N4O3/c1-15-8-9(12(14-15)19-2)11(18)13-7-10(17)16-5-3-4-6-16/h8H,3-7H2,1-2H3,(H,13,18). The summed E-state index contributed by atoms with van der Waals surface area (Å²) in [5.41, 5.74) is 0.333. The molecule has 19 heavy (non-hydrogen) atoms. The van der Waals surface area contributed by atoms with E-state index in [-0.39, 0.29) is 24.2 Å². The fourth-order valence-corrected chi connectivity index (χ4v) is 2.10. The van der Waals surface area contributed by atoms with Crippen LogP contribution < -0.4 is 10.1 Å². The Morgan fingerprint density at radius 2 is 2.11 bits per heavy atom. The van der Waals surface area contributed by atoms with Crippen molar-refractivity contribution in [1.82, 2.24) is 20.0 Å².